The second-order valence-corrected chi connectivity index (χ2v) is 3.88. The molecule has 1 fully saturated rings. The SMILES string of the molecule is NC(=O)NN=CC1CCCSC1. The van der Waals surface area contributed by atoms with Gasteiger partial charge in [-0.1, -0.05) is 0 Å². The zero-order valence-electron chi connectivity index (χ0n) is 6.82. The van der Waals surface area contributed by atoms with Gasteiger partial charge < -0.3 is 5.73 Å². The molecular weight excluding hydrogens is 174 g/mol. The van der Waals surface area contributed by atoms with Crippen molar-refractivity contribution < 1.29 is 4.79 Å². The van der Waals surface area contributed by atoms with E-state index in [2.05, 4.69) is 10.5 Å². The van der Waals surface area contributed by atoms with Crippen LogP contribution in [0.25, 0.3) is 0 Å². The monoisotopic (exact) mass is 187 g/mol. The Kier molecular flexibility index (Phi) is 3.93. The van der Waals surface area contributed by atoms with Gasteiger partial charge in [0.25, 0.3) is 0 Å². The van der Waals surface area contributed by atoms with Gasteiger partial charge in [0.2, 0.25) is 0 Å². The molecule has 0 radical (unpaired) electrons. The average Bonchev–Trinajstić information content (AvgIpc) is 2.05. The van der Waals surface area contributed by atoms with Crippen LogP contribution in [0.4, 0.5) is 4.79 Å². The number of nitrogens with two attached hydrogens (primary N) is 1. The van der Waals surface area contributed by atoms with Gasteiger partial charge in [0, 0.05) is 17.9 Å². The van der Waals surface area contributed by atoms with Gasteiger partial charge in [0.1, 0.15) is 0 Å². The van der Waals surface area contributed by atoms with Gasteiger partial charge in [-0.2, -0.15) is 16.9 Å². The van der Waals surface area contributed by atoms with Gasteiger partial charge in [-0.25, -0.2) is 10.2 Å². The van der Waals surface area contributed by atoms with Crippen molar-refractivity contribution in [2.75, 3.05) is 11.5 Å². The number of carbonyl (C=O) groups excluding carboxylic acids is 1. The summed E-state index contributed by atoms with van der Waals surface area (Å²) in [6.45, 7) is 0. The molecule has 3 N–H and O–H groups in total. The molecule has 1 atom stereocenters. The van der Waals surface area contributed by atoms with Gasteiger partial charge in [-0.05, 0) is 18.6 Å². The first-order valence-electron chi connectivity index (χ1n) is 3.95. The molecule has 2 amide bonds. The Morgan fingerprint density at radius 3 is 3.17 bits per heavy atom. The number of amides is 2. The summed E-state index contributed by atoms with van der Waals surface area (Å²) < 4.78 is 0. The maximum Gasteiger partial charge on any atom is 0.332 e. The number of hydrazone groups is 1. The zero-order chi connectivity index (χ0) is 8.81. The molecule has 0 aliphatic carbocycles. The number of rotatable bonds is 2. The highest BCUT2D eigenvalue weighted by molar-refractivity contribution is 7.99. The van der Waals surface area contributed by atoms with Crippen LogP contribution in [0.3, 0.4) is 0 Å². The Morgan fingerprint density at radius 1 is 1.75 bits per heavy atom. The van der Waals surface area contributed by atoms with Crippen molar-refractivity contribution in [3.05, 3.63) is 0 Å². The molecule has 0 saturated carbocycles. The summed E-state index contributed by atoms with van der Waals surface area (Å²) in [6, 6.07) is -0.602. The third-order valence-corrected chi connectivity index (χ3v) is 2.90. The molecule has 0 aromatic rings. The number of nitrogens with zero attached hydrogens (tertiary/aromatic N) is 1. The fraction of sp³-hybridized carbons (Fsp3) is 0.714. The van der Waals surface area contributed by atoms with E-state index in [0.29, 0.717) is 5.92 Å². The summed E-state index contributed by atoms with van der Waals surface area (Å²) in [5, 5.41) is 3.73. The molecule has 1 aliphatic rings. The van der Waals surface area contributed by atoms with E-state index >= 15 is 0 Å². The second-order valence-electron chi connectivity index (χ2n) is 2.73. The zero-order valence-corrected chi connectivity index (χ0v) is 7.64. The average molecular weight is 187 g/mol. The van der Waals surface area contributed by atoms with Gasteiger partial charge in [0.15, 0.2) is 0 Å². The van der Waals surface area contributed by atoms with Crippen LogP contribution < -0.4 is 11.2 Å². The van der Waals surface area contributed by atoms with Crippen LogP contribution in [0, 0.1) is 5.92 Å². The molecule has 12 heavy (non-hydrogen) atoms. The molecule has 5 heteroatoms. The largest absolute Gasteiger partial charge is 0.350 e. The van der Waals surface area contributed by atoms with Crippen molar-refractivity contribution in [1.29, 1.82) is 0 Å². The third kappa shape index (κ3) is 3.61. The molecule has 0 aromatic heterocycles. The number of hydrogen-bond acceptors (Lipinski definition) is 3. The molecule has 68 valence electrons. The Labute approximate surface area is 76.0 Å². The summed E-state index contributed by atoms with van der Waals surface area (Å²) in [5.41, 5.74) is 7.03. The quantitative estimate of drug-likeness (QED) is 0.495. The first-order valence-corrected chi connectivity index (χ1v) is 5.11. The molecule has 1 heterocycles. The van der Waals surface area contributed by atoms with E-state index in [-0.39, 0.29) is 0 Å². The van der Waals surface area contributed by atoms with Crippen LogP contribution >= 0.6 is 11.8 Å². The molecule has 1 saturated heterocycles. The molecule has 0 spiro atoms. The van der Waals surface area contributed by atoms with E-state index in [0.717, 1.165) is 12.2 Å². The fourth-order valence-electron chi connectivity index (χ4n) is 1.09. The highest BCUT2D eigenvalue weighted by atomic mass is 32.2. The fourth-order valence-corrected chi connectivity index (χ4v) is 2.18. The summed E-state index contributed by atoms with van der Waals surface area (Å²) in [4.78, 5) is 10.2. The van der Waals surface area contributed by atoms with Gasteiger partial charge >= 0.3 is 6.03 Å². The van der Waals surface area contributed by atoms with Gasteiger partial charge in [-0.3, -0.25) is 0 Å². The van der Waals surface area contributed by atoms with Crippen LogP contribution in [-0.2, 0) is 0 Å². The number of nitrogens with one attached hydrogen (secondary N) is 1. The van der Waals surface area contributed by atoms with Crippen LogP contribution in [-0.4, -0.2) is 23.8 Å². The highest BCUT2D eigenvalue weighted by Gasteiger charge is 2.10. The Morgan fingerprint density at radius 2 is 2.58 bits per heavy atom. The normalized spacial score (nSPS) is 24.2. The summed E-state index contributed by atoms with van der Waals surface area (Å²) in [7, 11) is 0. The summed E-state index contributed by atoms with van der Waals surface area (Å²) >= 11 is 1.93. The lowest BCUT2D eigenvalue weighted by atomic mass is 10.1. The van der Waals surface area contributed by atoms with Gasteiger partial charge in [0.05, 0.1) is 0 Å². The summed E-state index contributed by atoms with van der Waals surface area (Å²) in [6.07, 6.45) is 4.17. The lowest BCUT2D eigenvalue weighted by Gasteiger charge is -2.16. The topological polar surface area (TPSA) is 67.5 Å². The van der Waals surface area contributed by atoms with Crippen molar-refractivity contribution in [2.24, 2.45) is 16.8 Å². The minimum atomic E-state index is -0.602. The Hall–Kier alpha value is -0.710. The molecule has 1 rings (SSSR count). The van der Waals surface area contributed by atoms with Crippen molar-refractivity contribution in [3.63, 3.8) is 0 Å². The molecule has 1 unspecified atom stereocenters. The molecule has 0 aromatic carbocycles. The van der Waals surface area contributed by atoms with Crippen LogP contribution in [0.15, 0.2) is 5.10 Å². The maximum absolute atomic E-state index is 10.2. The molecule has 1 aliphatic heterocycles. The number of hydrogen-bond donors (Lipinski definition) is 2. The number of primary amides is 1. The minimum absolute atomic E-state index is 0.496. The van der Waals surface area contributed by atoms with Crippen molar-refractivity contribution >= 4 is 24.0 Å². The molecule has 0 bridgehead atoms. The van der Waals surface area contributed by atoms with E-state index in [1.54, 1.807) is 6.21 Å². The minimum Gasteiger partial charge on any atom is -0.350 e. The van der Waals surface area contributed by atoms with E-state index in [1.807, 2.05) is 11.8 Å². The predicted octanol–water partition coefficient (Wildman–Crippen LogP) is 0.784. The van der Waals surface area contributed by atoms with Crippen molar-refractivity contribution in [1.82, 2.24) is 5.43 Å². The van der Waals surface area contributed by atoms with Crippen LogP contribution in [0.5, 0.6) is 0 Å². The maximum atomic E-state index is 10.2. The number of urea groups is 1. The Balaban J connectivity index is 2.19. The lowest BCUT2D eigenvalue weighted by Crippen LogP contribution is -2.25. The highest BCUT2D eigenvalue weighted by Crippen LogP contribution is 2.20. The van der Waals surface area contributed by atoms with Crippen LogP contribution in [0.2, 0.25) is 0 Å². The van der Waals surface area contributed by atoms with Crippen molar-refractivity contribution in [3.8, 4) is 0 Å². The summed E-state index contributed by atoms with van der Waals surface area (Å²) in [5.74, 6) is 2.84. The number of thioether (sulfide) groups is 1. The van der Waals surface area contributed by atoms with Crippen LogP contribution in [0.1, 0.15) is 12.8 Å². The molecule has 4 nitrogen and oxygen atoms in total. The lowest BCUT2D eigenvalue weighted by molar-refractivity contribution is 0.249. The smallest absolute Gasteiger partial charge is 0.332 e. The third-order valence-electron chi connectivity index (χ3n) is 1.66. The standard InChI is InChI=1S/C7H13N3OS/c8-7(11)10-9-4-6-2-1-3-12-5-6/h4,6H,1-3,5H2,(H3,8,10,11). The van der Waals surface area contributed by atoms with E-state index in [4.69, 9.17) is 5.73 Å². The van der Waals surface area contributed by atoms with E-state index in [1.165, 1.54) is 12.2 Å². The Bertz CT molecular complexity index is 177. The predicted molar refractivity (Wildman–Crippen MR) is 51.3 cm³/mol. The first-order chi connectivity index (χ1) is 5.79. The van der Waals surface area contributed by atoms with E-state index in [9.17, 15) is 4.79 Å². The number of carbonyl (C=O) groups is 1. The van der Waals surface area contributed by atoms with Crippen molar-refractivity contribution in [2.45, 2.75) is 12.8 Å². The first kappa shape index (κ1) is 9.38. The van der Waals surface area contributed by atoms with E-state index < -0.39 is 6.03 Å². The second kappa shape index (κ2) is 5.03. The van der Waals surface area contributed by atoms with Gasteiger partial charge in [-0.15, -0.1) is 0 Å². The molecular formula is C7H13N3OS.